The van der Waals surface area contributed by atoms with Gasteiger partial charge in [0.05, 0.1) is 26.4 Å². The van der Waals surface area contributed by atoms with Crippen molar-refractivity contribution in [1.29, 1.82) is 0 Å². The summed E-state index contributed by atoms with van der Waals surface area (Å²) in [4.78, 5) is 73.6. The van der Waals surface area contributed by atoms with Crippen molar-refractivity contribution in [2.75, 3.05) is 39.6 Å². The lowest BCUT2D eigenvalue weighted by atomic mass is 9.99. The minimum absolute atomic E-state index is 0.109. The van der Waals surface area contributed by atoms with Gasteiger partial charge in [-0.05, 0) is 37.5 Å². The first-order chi connectivity index (χ1) is 55.4. The molecule has 114 heavy (non-hydrogen) atoms. The van der Waals surface area contributed by atoms with Crippen molar-refractivity contribution in [2.24, 2.45) is 11.8 Å². The number of phosphoric ester groups is 2. The van der Waals surface area contributed by atoms with Crippen LogP contribution in [-0.4, -0.2) is 96.7 Å². The number of esters is 4. The van der Waals surface area contributed by atoms with Crippen LogP contribution < -0.4 is 0 Å². The fraction of sp³-hybridized carbons (Fsp3) is 0.958. The minimum atomic E-state index is -4.97. The molecule has 6 atom stereocenters. The third-order valence-electron chi connectivity index (χ3n) is 22.8. The fourth-order valence-corrected chi connectivity index (χ4v) is 16.6. The molecule has 0 amide bonds. The predicted molar refractivity (Wildman–Crippen MR) is 474 cm³/mol. The molecule has 0 radical (unpaired) electrons. The predicted octanol–water partition coefficient (Wildman–Crippen LogP) is 29.7. The van der Waals surface area contributed by atoms with Gasteiger partial charge >= 0.3 is 39.5 Å². The Morgan fingerprint density at radius 2 is 0.447 bits per heavy atom. The van der Waals surface area contributed by atoms with E-state index < -0.39 is 97.5 Å². The monoisotopic (exact) mass is 1660 g/mol. The quantitative estimate of drug-likeness (QED) is 0.0222. The number of aliphatic hydroxyl groups is 1. The molecule has 0 saturated heterocycles. The second kappa shape index (κ2) is 86.0. The van der Waals surface area contributed by atoms with E-state index in [4.69, 9.17) is 37.0 Å². The number of hydrogen-bond donors (Lipinski definition) is 3. The van der Waals surface area contributed by atoms with Crippen molar-refractivity contribution in [1.82, 2.24) is 0 Å². The number of ether oxygens (including phenoxy) is 4. The van der Waals surface area contributed by atoms with E-state index in [0.29, 0.717) is 25.7 Å². The summed E-state index contributed by atoms with van der Waals surface area (Å²) in [5.41, 5.74) is 0. The molecular weight excluding hydrogens is 1470 g/mol. The van der Waals surface area contributed by atoms with Gasteiger partial charge in [-0.25, -0.2) is 9.13 Å². The first kappa shape index (κ1) is 112. The van der Waals surface area contributed by atoms with E-state index in [1.807, 2.05) is 0 Å². The molecule has 678 valence electrons. The van der Waals surface area contributed by atoms with Crippen LogP contribution in [0.1, 0.15) is 517 Å². The Bertz CT molecular complexity index is 2170. The van der Waals surface area contributed by atoms with Gasteiger partial charge in [-0.15, -0.1) is 0 Å². The maximum atomic E-state index is 13.2. The third kappa shape index (κ3) is 86.4. The standard InChI is InChI=1S/C95H186O17P2/c1-7-10-12-14-16-18-20-22-23-24-31-37-43-49-55-61-67-73-79-94(99)111-90(83-105-92(97)77-71-65-59-53-47-39-21-19-17-15-13-11-8-2)85-109-113(101,102)107-81-89(96)82-108-114(103,104)110-86-91(84-106-93(98)78-72-66-60-54-48-42-36-32-27-25-29-34-40-45-51-57-63-69-75-87(4)5)112-95(100)80-74-68-62-56-50-44-38-33-28-26-30-35-41-46-52-58-64-70-76-88(6)9-3/h87-91,96H,7-86H2,1-6H3,(H,101,102)(H,103,104)/t88?,89-,90+,91+/m0/s1. The largest absolute Gasteiger partial charge is 0.472 e. The maximum Gasteiger partial charge on any atom is 0.472 e. The van der Waals surface area contributed by atoms with Crippen molar-refractivity contribution >= 4 is 39.5 Å². The molecule has 3 unspecified atom stereocenters. The minimum Gasteiger partial charge on any atom is -0.462 e. The zero-order valence-corrected chi connectivity index (χ0v) is 77.2. The van der Waals surface area contributed by atoms with Gasteiger partial charge in [0, 0.05) is 25.7 Å². The molecule has 0 rings (SSSR count). The molecule has 3 N–H and O–H groups in total. The van der Waals surface area contributed by atoms with Gasteiger partial charge in [-0.3, -0.25) is 37.3 Å². The van der Waals surface area contributed by atoms with E-state index in [1.54, 1.807) is 0 Å². The molecule has 0 aromatic heterocycles. The molecule has 0 heterocycles. The first-order valence-electron chi connectivity index (χ1n) is 49.0. The molecule has 17 nitrogen and oxygen atoms in total. The number of carbonyl (C=O) groups is 4. The molecule has 0 aromatic carbocycles. The van der Waals surface area contributed by atoms with Crippen molar-refractivity contribution < 1.29 is 80.2 Å². The van der Waals surface area contributed by atoms with Crippen LogP contribution in [0.5, 0.6) is 0 Å². The number of phosphoric acid groups is 2. The number of unbranched alkanes of at least 4 members (excludes halogenated alkanes) is 63. The molecule has 0 aromatic rings. The van der Waals surface area contributed by atoms with Crippen LogP contribution in [-0.2, 0) is 65.4 Å². The highest BCUT2D eigenvalue weighted by Gasteiger charge is 2.31. The van der Waals surface area contributed by atoms with Crippen molar-refractivity contribution in [3.05, 3.63) is 0 Å². The van der Waals surface area contributed by atoms with E-state index in [-0.39, 0.29) is 25.7 Å². The molecule has 0 saturated carbocycles. The van der Waals surface area contributed by atoms with Crippen LogP contribution >= 0.6 is 15.6 Å². The Balaban J connectivity index is 5.25. The van der Waals surface area contributed by atoms with Gasteiger partial charge in [0.1, 0.15) is 19.3 Å². The van der Waals surface area contributed by atoms with Gasteiger partial charge < -0.3 is 33.8 Å². The lowest BCUT2D eigenvalue weighted by molar-refractivity contribution is -0.161. The lowest BCUT2D eigenvalue weighted by Gasteiger charge is -2.21. The summed E-state index contributed by atoms with van der Waals surface area (Å²) >= 11 is 0. The topological polar surface area (TPSA) is 237 Å². The second-order valence-electron chi connectivity index (χ2n) is 34.8. The van der Waals surface area contributed by atoms with Crippen LogP contribution in [0, 0.1) is 11.8 Å². The first-order valence-corrected chi connectivity index (χ1v) is 52.0. The summed E-state index contributed by atoms with van der Waals surface area (Å²) < 4.78 is 69.2. The van der Waals surface area contributed by atoms with Gasteiger partial charge in [0.25, 0.3) is 0 Å². The summed E-state index contributed by atoms with van der Waals surface area (Å²) in [5.74, 6) is -0.395. The molecule has 0 aliphatic carbocycles. The van der Waals surface area contributed by atoms with Crippen LogP contribution in [0.15, 0.2) is 0 Å². The summed E-state index contributed by atoms with van der Waals surface area (Å²) in [7, 11) is -9.94. The average Bonchev–Trinajstić information content (AvgIpc) is 0.892. The summed E-state index contributed by atoms with van der Waals surface area (Å²) in [6.07, 6.45) is 81.9. The van der Waals surface area contributed by atoms with Crippen LogP contribution in [0.2, 0.25) is 0 Å². The molecular formula is C95H186O17P2. The Morgan fingerprint density at radius 1 is 0.254 bits per heavy atom. The molecule has 0 aliphatic rings. The van der Waals surface area contributed by atoms with Crippen molar-refractivity contribution in [3.63, 3.8) is 0 Å². The summed E-state index contributed by atoms with van der Waals surface area (Å²) in [6, 6.07) is 0. The van der Waals surface area contributed by atoms with Crippen LogP contribution in [0.25, 0.3) is 0 Å². The molecule has 19 heteroatoms. The zero-order valence-electron chi connectivity index (χ0n) is 75.4. The highest BCUT2D eigenvalue weighted by Crippen LogP contribution is 2.45. The fourth-order valence-electron chi connectivity index (χ4n) is 15.0. The molecule has 0 bridgehead atoms. The van der Waals surface area contributed by atoms with Crippen LogP contribution in [0.3, 0.4) is 0 Å². The Hall–Kier alpha value is -1.94. The van der Waals surface area contributed by atoms with Crippen molar-refractivity contribution in [3.8, 4) is 0 Å². The number of carbonyl (C=O) groups excluding carboxylic acids is 4. The van der Waals surface area contributed by atoms with Crippen LogP contribution in [0.4, 0.5) is 0 Å². The van der Waals surface area contributed by atoms with E-state index in [1.165, 1.54) is 334 Å². The highest BCUT2D eigenvalue weighted by atomic mass is 31.2. The van der Waals surface area contributed by atoms with Gasteiger partial charge in [-0.1, -0.05) is 465 Å². The SMILES string of the molecule is CCCCCCCCCCCCCCCCCCCCC(=O)O[C@H](COC(=O)CCCCCCCCCCCCCCC)COP(=O)(O)OC[C@H](O)COP(=O)(O)OC[C@@H](COC(=O)CCCCCCCCCCCCCCCCCCCCC(C)C)OC(=O)CCCCCCCCCCCCCCCCCCCCC(C)CC. The summed E-state index contributed by atoms with van der Waals surface area (Å²) in [6.45, 7) is 9.84. The lowest BCUT2D eigenvalue weighted by Crippen LogP contribution is -2.30. The number of hydrogen-bond acceptors (Lipinski definition) is 15. The number of aliphatic hydroxyl groups excluding tert-OH is 1. The zero-order chi connectivity index (χ0) is 83.4. The summed E-state index contributed by atoms with van der Waals surface area (Å²) in [5, 5.41) is 10.7. The van der Waals surface area contributed by atoms with E-state index in [9.17, 15) is 43.2 Å². The normalized spacial score (nSPS) is 13.9. The molecule has 0 fully saturated rings. The Morgan fingerprint density at radius 3 is 0.667 bits per heavy atom. The average molecular weight is 1660 g/mol. The molecule has 0 aliphatic heterocycles. The second-order valence-corrected chi connectivity index (χ2v) is 37.7. The van der Waals surface area contributed by atoms with Crippen molar-refractivity contribution in [2.45, 2.75) is 535 Å². The smallest absolute Gasteiger partial charge is 0.462 e. The molecule has 0 spiro atoms. The van der Waals surface area contributed by atoms with Gasteiger partial charge in [-0.2, -0.15) is 0 Å². The Labute approximate surface area is 702 Å². The van der Waals surface area contributed by atoms with Gasteiger partial charge in [0.2, 0.25) is 0 Å². The maximum absolute atomic E-state index is 13.2. The van der Waals surface area contributed by atoms with Gasteiger partial charge in [0.15, 0.2) is 12.2 Å². The Kier molecular flexibility index (Phi) is 84.6. The highest BCUT2D eigenvalue weighted by molar-refractivity contribution is 7.47. The third-order valence-corrected chi connectivity index (χ3v) is 24.7. The van der Waals surface area contributed by atoms with E-state index in [2.05, 4.69) is 41.5 Å². The number of rotatable bonds is 94. The van der Waals surface area contributed by atoms with E-state index >= 15 is 0 Å². The van der Waals surface area contributed by atoms with E-state index in [0.717, 1.165) is 102 Å².